The highest BCUT2D eigenvalue weighted by Crippen LogP contribution is 2.21. The van der Waals surface area contributed by atoms with Gasteiger partial charge in [0.15, 0.2) is 17.5 Å². The van der Waals surface area contributed by atoms with Crippen molar-refractivity contribution in [3.63, 3.8) is 0 Å². The van der Waals surface area contributed by atoms with E-state index in [1.807, 2.05) is 0 Å². The van der Waals surface area contributed by atoms with Crippen LogP contribution in [0.25, 0.3) is 10.9 Å². The number of para-hydroxylation sites is 1. The number of rotatable bonds is 2. The molecule has 0 aliphatic heterocycles. The van der Waals surface area contributed by atoms with Crippen LogP contribution in [0.3, 0.4) is 0 Å². The number of carbonyl (C=O) groups is 1. The van der Waals surface area contributed by atoms with Crippen LogP contribution in [0, 0.1) is 17.5 Å². The lowest BCUT2D eigenvalue weighted by Crippen LogP contribution is -2.16. The lowest BCUT2D eigenvalue weighted by Gasteiger charge is -2.08. The normalized spacial score (nSPS) is 10.7. The van der Waals surface area contributed by atoms with Crippen molar-refractivity contribution in [2.45, 2.75) is 0 Å². The molecule has 0 spiro atoms. The standard InChI is InChI=1S/C15H8F3N3O/c16-9-5-6-11(13(18)12(9)17)21-15(22)14-8-3-1-2-4-10(8)19-7-20-14/h1-7H,(H,21,22). The summed E-state index contributed by atoms with van der Waals surface area (Å²) < 4.78 is 39.6. The first-order valence-corrected chi connectivity index (χ1v) is 6.22. The molecule has 2 aromatic carbocycles. The SMILES string of the molecule is O=C(Nc1ccc(F)c(F)c1F)c1ncnc2ccccc12. The van der Waals surface area contributed by atoms with Gasteiger partial charge in [-0.3, -0.25) is 4.79 Å². The molecular formula is C15H8F3N3O. The maximum Gasteiger partial charge on any atom is 0.275 e. The fraction of sp³-hybridized carbons (Fsp3) is 0. The minimum absolute atomic E-state index is 0.00901. The highest BCUT2D eigenvalue weighted by molar-refractivity contribution is 6.10. The fourth-order valence-corrected chi connectivity index (χ4v) is 1.99. The maximum absolute atomic E-state index is 13.6. The van der Waals surface area contributed by atoms with Crippen molar-refractivity contribution >= 4 is 22.5 Å². The molecule has 110 valence electrons. The van der Waals surface area contributed by atoms with Crippen LogP contribution in [0.4, 0.5) is 18.9 Å². The van der Waals surface area contributed by atoms with Gasteiger partial charge in [0.1, 0.15) is 12.0 Å². The van der Waals surface area contributed by atoms with Crippen LogP contribution in [0.15, 0.2) is 42.7 Å². The third kappa shape index (κ3) is 2.37. The highest BCUT2D eigenvalue weighted by atomic mass is 19.2. The number of hydrogen-bond acceptors (Lipinski definition) is 3. The Balaban J connectivity index is 1.99. The zero-order chi connectivity index (χ0) is 15.7. The van der Waals surface area contributed by atoms with Gasteiger partial charge in [-0.25, -0.2) is 23.1 Å². The smallest absolute Gasteiger partial charge is 0.275 e. The van der Waals surface area contributed by atoms with Gasteiger partial charge in [0.25, 0.3) is 5.91 Å². The predicted octanol–water partition coefficient (Wildman–Crippen LogP) is 3.30. The molecule has 0 bridgehead atoms. The lowest BCUT2D eigenvalue weighted by atomic mass is 10.1. The number of anilines is 1. The molecule has 0 atom stereocenters. The van der Waals surface area contributed by atoms with E-state index in [1.165, 1.54) is 6.33 Å². The van der Waals surface area contributed by atoms with Crippen LogP contribution in [-0.2, 0) is 0 Å². The Labute approximate surface area is 122 Å². The van der Waals surface area contributed by atoms with Gasteiger partial charge in [-0.2, -0.15) is 0 Å². The van der Waals surface area contributed by atoms with Crippen molar-refractivity contribution in [3.05, 3.63) is 65.9 Å². The number of carbonyl (C=O) groups excluding carboxylic acids is 1. The zero-order valence-electron chi connectivity index (χ0n) is 11.0. The number of aromatic nitrogens is 2. The molecule has 22 heavy (non-hydrogen) atoms. The quantitative estimate of drug-likeness (QED) is 0.739. The van der Waals surface area contributed by atoms with Crippen LogP contribution in [0.5, 0.6) is 0 Å². The Morgan fingerprint density at radius 2 is 1.73 bits per heavy atom. The summed E-state index contributed by atoms with van der Waals surface area (Å²) in [6.45, 7) is 0. The number of nitrogens with one attached hydrogen (secondary N) is 1. The number of nitrogens with zero attached hydrogens (tertiary/aromatic N) is 2. The monoisotopic (exact) mass is 303 g/mol. The van der Waals surface area contributed by atoms with E-state index in [4.69, 9.17) is 0 Å². The summed E-state index contributed by atoms with van der Waals surface area (Å²) in [7, 11) is 0. The molecule has 0 saturated heterocycles. The number of fused-ring (bicyclic) bond motifs is 1. The lowest BCUT2D eigenvalue weighted by molar-refractivity contribution is 0.102. The van der Waals surface area contributed by atoms with E-state index in [9.17, 15) is 18.0 Å². The predicted molar refractivity (Wildman–Crippen MR) is 73.8 cm³/mol. The van der Waals surface area contributed by atoms with Gasteiger partial charge in [-0.15, -0.1) is 0 Å². The van der Waals surface area contributed by atoms with E-state index < -0.39 is 29.0 Å². The van der Waals surface area contributed by atoms with Crippen molar-refractivity contribution in [2.24, 2.45) is 0 Å². The Hall–Kier alpha value is -2.96. The molecule has 3 rings (SSSR count). The van der Waals surface area contributed by atoms with E-state index in [1.54, 1.807) is 24.3 Å². The van der Waals surface area contributed by atoms with Gasteiger partial charge < -0.3 is 5.32 Å². The molecule has 7 heteroatoms. The van der Waals surface area contributed by atoms with E-state index in [0.717, 1.165) is 12.1 Å². The van der Waals surface area contributed by atoms with E-state index in [2.05, 4.69) is 15.3 Å². The van der Waals surface area contributed by atoms with Gasteiger partial charge in [-0.1, -0.05) is 18.2 Å². The second-order valence-corrected chi connectivity index (χ2v) is 4.42. The minimum atomic E-state index is -1.65. The Kier molecular flexibility index (Phi) is 3.46. The van der Waals surface area contributed by atoms with Gasteiger partial charge >= 0.3 is 0 Å². The third-order valence-corrected chi connectivity index (χ3v) is 3.04. The Morgan fingerprint density at radius 3 is 2.55 bits per heavy atom. The molecule has 1 heterocycles. The molecule has 1 N–H and O–H groups in total. The molecule has 3 aromatic rings. The molecule has 0 aliphatic rings. The highest BCUT2D eigenvalue weighted by Gasteiger charge is 2.18. The van der Waals surface area contributed by atoms with Gasteiger partial charge in [-0.05, 0) is 18.2 Å². The van der Waals surface area contributed by atoms with Crippen LogP contribution >= 0.6 is 0 Å². The minimum Gasteiger partial charge on any atom is -0.318 e. The van der Waals surface area contributed by atoms with E-state index >= 15 is 0 Å². The molecule has 0 saturated carbocycles. The summed E-state index contributed by atoms with van der Waals surface area (Å²) in [5, 5.41) is 2.64. The second kappa shape index (κ2) is 5.44. The Bertz CT molecular complexity index is 878. The van der Waals surface area contributed by atoms with Crippen LogP contribution in [-0.4, -0.2) is 15.9 Å². The number of benzene rings is 2. The Morgan fingerprint density at radius 1 is 0.955 bits per heavy atom. The molecule has 0 radical (unpaired) electrons. The van der Waals surface area contributed by atoms with Gasteiger partial charge in [0.2, 0.25) is 0 Å². The van der Waals surface area contributed by atoms with E-state index in [0.29, 0.717) is 10.9 Å². The summed E-state index contributed by atoms with van der Waals surface area (Å²) >= 11 is 0. The summed E-state index contributed by atoms with van der Waals surface area (Å²) in [5.41, 5.74) is 0.0785. The first kappa shape index (κ1) is 14.0. The number of amides is 1. The van der Waals surface area contributed by atoms with E-state index in [-0.39, 0.29) is 5.69 Å². The van der Waals surface area contributed by atoms with Crippen LogP contribution < -0.4 is 5.32 Å². The van der Waals surface area contributed by atoms with Gasteiger partial charge in [0.05, 0.1) is 11.2 Å². The van der Waals surface area contributed by atoms with Gasteiger partial charge in [0, 0.05) is 5.39 Å². The van der Waals surface area contributed by atoms with Crippen LogP contribution in [0.1, 0.15) is 10.5 Å². The first-order chi connectivity index (χ1) is 10.6. The molecular weight excluding hydrogens is 295 g/mol. The maximum atomic E-state index is 13.6. The molecule has 0 unspecified atom stereocenters. The number of hydrogen-bond donors (Lipinski definition) is 1. The van der Waals surface area contributed by atoms with Crippen molar-refractivity contribution in [1.29, 1.82) is 0 Å². The summed E-state index contributed by atoms with van der Waals surface area (Å²) in [4.78, 5) is 20.1. The summed E-state index contributed by atoms with van der Waals surface area (Å²) in [6, 6.07) is 8.42. The summed E-state index contributed by atoms with van der Waals surface area (Å²) in [6.07, 6.45) is 1.19. The molecule has 0 fully saturated rings. The van der Waals surface area contributed by atoms with Crippen LogP contribution in [0.2, 0.25) is 0 Å². The average molecular weight is 303 g/mol. The second-order valence-electron chi connectivity index (χ2n) is 4.42. The average Bonchev–Trinajstić information content (AvgIpc) is 2.55. The molecule has 1 aromatic heterocycles. The third-order valence-electron chi connectivity index (χ3n) is 3.04. The largest absolute Gasteiger partial charge is 0.318 e. The molecule has 1 amide bonds. The summed E-state index contributed by atoms with van der Waals surface area (Å²) in [5.74, 6) is -5.19. The van der Waals surface area contributed by atoms with Crippen molar-refractivity contribution in [3.8, 4) is 0 Å². The van der Waals surface area contributed by atoms with Crippen molar-refractivity contribution in [1.82, 2.24) is 9.97 Å². The number of halogens is 3. The fourth-order valence-electron chi connectivity index (χ4n) is 1.99. The topological polar surface area (TPSA) is 54.9 Å². The van der Waals surface area contributed by atoms with Crippen molar-refractivity contribution in [2.75, 3.05) is 5.32 Å². The first-order valence-electron chi connectivity index (χ1n) is 6.22. The molecule has 0 aliphatic carbocycles. The molecule has 4 nitrogen and oxygen atoms in total. The van der Waals surface area contributed by atoms with Crippen molar-refractivity contribution < 1.29 is 18.0 Å². The zero-order valence-corrected chi connectivity index (χ0v) is 11.0.